The summed E-state index contributed by atoms with van der Waals surface area (Å²) in [5.74, 6) is 1.20. The summed E-state index contributed by atoms with van der Waals surface area (Å²) < 4.78 is 16.2. The summed E-state index contributed by atoms with van der Waals surface area (Å²) in [7, 11) is 0. The van der Waals surface area contributed by atoms with Crippen LogP contribution in [-0.4, -0.2) is 49.2 Å². The third-order valence-corrected chi connectivity index (χ3v) is 5.67. The second-order valence-electron chi connectivity index (χ2n) is 7.28. The molecule has 0 spiro atoms. The van der Waals surface area contributed by atoms with Gasteiger partial charge in [-0.1, -0.05) is 12.8 Å². The molecule has 6 heteroatoms. The molecule has 0 aromatic heterocycles. The SMILES string of the molecule is O=C(OCC(=O)N1CCC[C@H]2CCCC[C@@H]21)c1ccc2c(c1)OCCO2. The van der Waals surface area contributed by atoms with Crippen molar-refractivity contribution in [3.8, 4) is 11.5 Å². The van der Waals surface area contributed by atoms with Crippen molar-refractivity contribution in [3.05, 3.63) is 23.8 Å². The van der Waals surface area contributed by atoms with Crippen LogP contribution in [0.3, 0.4) is 0 Å². The number of hydrogen-bond acceptors (Lipinski definition) is 5. The van der Waals surface area contributed by atoms with E-state index in [0.717, 1.165) is 19.4 Å². The summed E-state index contributed by atoms with van der Waals surface area (Å²) >= 11 is 0. The molecular formula is C20H25NO5. The Morgan fingerprint density at radius 2 is 1.81 bits per heavy atom. The first-order chi connectivity index (χ1) is 12.7. The van der Waals surface area contributed by atoms with Crippen LogP contribution >= 0.6 is 0 Å². The second kappa shape index (κ2) is 7.56. The summed E-state index contributed by atoms with van der Waals surface area (Å²) in [4.78, 5) is 26.9. The van der Waals surface area contributed by atoms with E-state index in [2.05, 4.69) is 0 Å². The van der Waals surface area contributed by atoms with Gasteiger partial charge < -0.3 is 19.1 Å². The summed E-state index contributed by atoms with van der Waals surface area (Å²) in [5.41, 5.74) is 0.372. The van der Waals surface area contributed by atoms with E-state index in [0.29, 0.717) is 42.2 Å². The highest BCUT2D eigenvalue weighted by atomic mass is 16.6. The maximum Gasteiger partial charge on any atom is 0.338 e. The normalized spacial score (nSPS) is 24.5. The minimum atomic E-state index is -0.507. The first-order valence-electron chi connectivity index (χ1n) is 9.58. The van der Waals surface area contributed by atoms with Crippen LogP contribution in [0, 0.1) is 5.92 Å². The third kappa shape index (κ3) is 3.50. The van der Waals surface area contributed by atoms with E-state index in [9.17, 15) is 9.59 Å². The molecule has 1 saturated heterocycles. The van der Waals surface area contributed by atoms with Crippen LogP contribution in [0.1, 0.15) is 48.9 Å². The number of amides is 1. The molecule has 4 rings (SSSR count). The topological polar surface area (TPSA) is 65.1 Å². The number of benzene rings is 1. The molecule has 1 aromatic carbocycles. The summed E-state index contributed by atoms with van der Waals surface area (Å²) in [6, 6.07) is 5.28. The van der Waals surface area contributed by atoms with Crippen molar-refractivity contribution in [2.24, 2.45) is 5.92 Å². The first-order valence-corrected chi connectivity index (χ1v) is 9.58. The largest absolute Gasteiger partial charge is 0.486 e. The van der Waals surface area contributed by atoms with Crippen LogP contribution in [-0.2, 0) is 9.53 Å². The van der Waals surface area contributed by atoms with Gasteiger partial charge in [-0.2, -0.15) is 0 Å². The molecule has 1 aliphatic carbocycles. The molecule has 1 aromatic rings. The number of fused-ring (bicyclic) bond motifs is 2. The van der Waals surface area contributed by atoms with E-state index >= 15 is 0 Å². The van der Waals surface area contributed by atoms with Crippen LogP contribution in [0.25, 0.3) is 0 Å². The van der Waals surface area contributed by atoms with Crippen molar-refractivity contribution in [1.29, 1.82) is 0 Å². The van der Waals surface area contributed by atoms with Crippen molar-refractivity contribution in [2.75, 3.05) is 26.4 Å². The average molecular weight is 359 g/mol. The predicted molar refractivity (Wildman–Crippen MR) is 94.4 cm³/mol. The van der Waals surface area contributed by atoms with E-state index in [4.69, 9.17) is 14.2 Å². The Bertz CT molecular complexity index is 687. The molecule has 1 amide bonds. The summed E-state index contributed by atoms with van der Waals surface area (Å²) in [5, 5.41) is 0. The molecule has 2 heterocycles. The van der Waals surface area contributed by atoms with Crippen molar-refractivity contribution in [3.63, 3.8) is 0 Å². The highest BCUT2D eigenvalue weighted by Gasteiger charge is 2.35. The number of carbonyl (C=O) groups is 2. The molecule has 1 saturated carbocycles. The van der Waals surface area contributed by atoms with Gasteiger partial charge in [-0.15, -0.1) is 0 Å². The quantitative estimate of drug-likeness (QED) is 0.777. The minimum absolute atomic E-state index is 0.0764. The fraction of sp³-hybridized carbons (Fsp3) is 0.600. The first kappa shape index (κ1) is 17.2. The number of hydrogen-bond donors (Lipinski definition) is 0. The maximum atomic E-state index is 12.6. The zero-order valence-corrected chi connectivity index (χ0v) is 14.9. The number of carbonyl (C=O) groups excluding carboxylic acids is 2. The molecule has 0 N–H and O–H groups in total. The van der Waals surface area contributed by atoms with Gasteiger partial charge in [0.2, 0.25) is 0 Å². The monoisotopic (exact) mass is 359 g/mol. The van der Waals surface area contributed by atoms with Gasteiger partial charge in [-0.25, -0.2) is 4.79 Å². The molecule has 3 aliphatic rings. The summed E-state index contributed by atoms with van der Waals surface area (Å²) in [6.07, 6.45) is 7.00. The van der Waals surface area contributed by atoms with E-state index in [1.54, 1.807) is 18.2 Å². The van der Waals surface area contributed by atoms with Gasteiger partial charge >= 0.3 is 5.97 Å². The van der Waals surface area contributed by atoms with Crippen LogP contribution in [0.15, 0.2) is 18.2 Å². The fourth-order valence-electron chi connectivity index (χ4n) is 4.40. The Morgan fingerprint density at radius 1 is 1.04 bits per heavy atom. The van der Waals surface area contributed by atoms with Crippen LogP contribution < -0.4 is 9.47 Å². The average Bonchev–Trinajstić information content (AvgIpc) is 2.71. The molecule has 2 atom stereocenters. The third-order valence-electron chi connectivity index (χ3n) is 5.67. The molecule has 0 bridgehead atoms. The highest BCUT2D eigenvalue weighted by molar-refractivity contribution is 5.92. The molecule has 26 heavy (non-hydrogen) atoms. The standard InChI is InChI=1S/C20H25NO5/c22-19(21-9-3-5-14-4-1-2-6-16(14)21)13-26-20(23)15-7-8-17-18(12-15)25-11-10-24-17/h7-8,12,14,16H,1-6,9-11,13H2/t14-,16+/m1/s1. The van der Waals surface area contributed by atoms with Gasteiger partial charge in [0.05, 0.1) is 5.56 Å². The summed E-state index contributed by atoms with van der Waals surface area (Å²) in [6.45, 7) is 1.54. The van der Waals surface area contributed by atoms with Crippen molar-refractivity contribution >= 4 is 11.9 Å². The number of piperidine rings is 1. The lowest BCUT2D eigenvalue weighted by Crippen LogP contribution is -2.50. The van der Waals surface area contributed by atoms with E-state index < -0.39 is 5.97 Å². The Hall–Kier alpha value is -2.24. The Labute approximate surface area is 153 Å². The Balaban J connectivity index is 1.35. The molecule has 6 nitrogen and oxygen atoms in total. The van der Waals surface area contributed by atoms with Crippen molar-refractivity contribution in [1.82, 2.24) is 4.90 Å². The van der Waals surface area contributed by atoms with E-state index in [1.807, 2.05) is 4.90 Å². The molecule has 2 fully saturated rings. The zero-order valence-electron chi connectivity index (χ0n) is 14.9. The number of nitrogens with zero attached hydrogens (tertiary/aromatic N) is 1. The zero-order chi connectivity index (χ0) is 17.9. The van der Waals surface area contributed by atoms with E-state index in [-0.39, 0.29) is 12.5 Å². The maximum absolute atomic E-state index is 12.6. The number of ether oxygens (including phenoxy) is 3. The molecule has 0 unspecified atom stereocenters. The lowest BCUT2D eigenvalue weighted by Gasteiger charge is -2.44. The van der Waals surface area contributed by atoms with Crippen LogP contribution in [0.2, 0.25) is 0 Å². The Morgan fingerprint density at radius 3 is 2.69 bits per heavy atom. The molecule has 2 aliphatic heterocycles. The smallest absolute Gasteiger partial charge is 0.338 e. The van der Waals surface area contributed by atoms with Gasteiger partial charge in [-0.05, 0) is 49.8 Å². The number of rotatable bonds is 3. The van der Waals surface area contributed by atoms with Crippen molar-refractivity contribution in [2.45, 2.75) is 44.6 Å². The lowest BCUT2D eigenvalue weighted by molar-refractivity contribution is -0.140. The van der Waals surface area contributed by atoms with Crippen LogP contribution in [0.5, 0.6) is 11.5 Å². The Kier molecular flexibility index (Phi) is 5.00. The molecule has 140 valence electrons. The van der Waals surface area contributed by atoms with Gasteiger partial charge in [0.25, 0.3) is 5.91 Å². The van der Waals surface area contributed by atoms with Gasteiger partial charge in [0.1, 0.15) is 13.2 Å². The predicted octanol–water partition coefficient (Wildman–Crippen LogP) is 2.80. The lowest BCUT2D eigenvalue weighted by atomic mass is 9.78. The highest BCUT2D eigenvalue weighted by Crippen LogP contribution is 2.35. The number of esters is 1. The van der Waals surface area contributed by atoms with Gasteiger partial charge in [0.15, 0.2) is 18.1 Å². The molecule has 0 radical (unpaired) electrons. The minimum Gasteiger partial charge on any atom is -0.486 e. The van der Waals surface area contributed by atoms with Crippen LogP contribution in [0.4, 0.5) is 0 Å². The van der Waals surface area contributed by atoms with Gasteiger partial charge in [0, 0.05) is 12.6 Å². The van der Waals surface area contributed by atoms with Crippen molar-refractivity contribution < 1.29 is 23.8 Å². The second-order valence-corrected chi connectivity index (χ2v) is 7.28. The molecular weight excluding hydrogens is 334 g/mol. The van der Waals surface area contributed by atoms with Gasteiger partial charge in [-0.3, -0.25) is 4.79 Å². The number of likely N-dealkylation sites (tertiary alicyclic amines) is 1. The fourth-order valence-corrected chi connectivity index (χ4v) is 4.40. The van der Waals surface area contributed by atoms with E-state index in [1.165, 1.54) is 25.7 Å².